The molecular formula is C4H8N10O3. The Morgan fingerprint density at radius 3 is 2.76 bits per heavy atom. The molecule has 0 spiro atoms. The van der Waals surface area contributed by atoms with Gasteiger partial charge in [-0.3, -0.25) is 10.3 Å². The van der Waals surface area contributed by atoms with Gasteiger partial charge in [-0.25, -0.2) is 11.1 Å². The van der Waals surface area contributed by atoms with Crippen LogP contribution >= 0.6 is 0 Å². The van der Waals surface area contributed by atoms with Crippen LogP contribution in [0.5, 0.6) is 0 Å². The van der Waals surface area contributed by atoms with E-state index in [0.29, 0.717) is 0 Å². The van der Waals surface area contributed by atoms with E-state index in [1.165, 1.54) is 0 Å². The van der Waals surface area contributed by atoms with Gasteiger partial charge in [0.2, 0.25) is 0 Å². The number of quaternary nitrogens is 1. The molecule has 2 heterocycles. The highest BCUT2D eigenvalue weighted by atomic mass is 16.6. The Morgan fingerprint density at radius 2 is 2.29 bits per heavy atom. The van der Waals surface area contributed by atoms with Crippen LogP contribution in [0.25, 0.3) is 0 Å². The monoisotopic (exact) mass is 244 g/mol. The number of hydrogen-bond acceptors (Lipinski definition) is 9. The number of nitro groups is 1. The molecule has 0 unspecified atom stereocenters. The van der Waals surface area contributed by atoms with Crippen molar-refractivity contribution < 1.29 is 16.0 Å². The summed E-state index contributed by atoms with van der Waals surface area (Å²) >= 11 is 0. The molecule has 92 valence electrons. The maximum absolute atomic E-state index is 10.3. The summed E-state index contributed by atoms with van der Waals surface area (Å²) in [5.74, 6) is 1.84. The van der Waals surface area contributed by atoms with E-state index in [1.54, 1.807) is 0 Å². The molecule has 0 aromatic carbocycles. The van der Waals surface area contributed by atoms with Crippen molar-refractivity contribution in [1.82, 2.24) is 35.4 Å². The molecule has 0 radical (unpaired) electrons. The van der Waals surface area contributed by atoms with Gasteiger partial charge in [-0.1, -0.05) is 0 Å². The van der Waals surface area contributed by atoms with Gasteiger partial charge >= 0.3 is 11.9 Å². The number of nitrogens with two attached hydrogens (primary N) is 1. The van der Waals surface area contributed by atoms with Crippen LogP contribution in [0.1, 0.15) is 5.82 Å². The van der Waals surface area contributed by atoms with Gasteiger partial charge in [-0.15, -0.1) is 4.68 Å². The molecule has 0 saturated carbocycles. The van der Waals surface area contributed by atoms with E-state index < -0.39 is 10.9 Å². The van der Waals surface area contributed by atoms with Gasteiger partial charge in [0.15, 0.2) is 0 Å². The average molecular weight is 244 g/mol. The number of nitrogens with zero attached hydrogens (tertiary/aromatic N) is 8. The summed E-state index contributed by atoms with van der Waals surface area (Å²) in [5, 5.41) is 34.1. The highest BCUT2D eigenvalue weighted by Crippen LogP contribution is 2.07. The van der Waals surface area contributed by atoms with Gasteiger partial charge in [-0.2, -0.15) is 5.21 Å². The average Bonchev–Trinajstić information content (AvgIpc) is 2.93. The zero-order chi connectivity index (χ0) is 12.8. The second-order valence-electron chi connectivity index (χ2n) is 2.48. The van der Waals surface area contributed by atoms with Gasteiger partial charge in [0.1, 0.15) is 0 Å². The number of aromatic nitrogens is 7. The Labute approximate surface area is 92.5 Å². The third-order valence-corrected chi connectivity index (χ3v) is 1.50. The lowest BCUT2D eigenvalue weighted by atomic mass is 10.6. The SMILES string of the molecule is Nc1nc([N+](=O)[O-])nn1Cc1nnn[n-]1.[NH3+]O. The van der Waals surface area contributed by atoms with Crippen LogP contribution in [0.3, 0.4) is 0 Å². The molecule has 13 nitrogen and oxygen atoms in total. The van der Waals surface area contributed by atoms with E-state index in [9.17, 15) is 10.1 Å². The normalized spacial score (nSPS) is 9.53. The zero-order valence-electron chi connectivity index (χ0n) is 8.33. The first-order valence-corrected chi connectivity index (χ1v) is 4.01. The summed E-state index contributed by atoms with van der Waals surface area (Å²) in [6.45, 7) is 0.0413. The number of hydrogen-bond donors (Lipinski definition) is 3. The molecule has 0 saturated heterocycles. The molecular weight excluding hydrogens is 236 g/mol. The van der Waals surface area contributed by atoms with Gasteiger partial charge in [0.25, 0.3) is 0 Å². The Balaban J connectivity index is 0.000000686. The summed E-state index contributed by atoms with van der Waals surface area (Å²) in [5.41, 5.74) is 5.38. The van der Waals surface area contributed by atoms with Crippen molar-refractivity contribution >= 4 is 11.9 Å². The van der Waals surface area contributed by atoms with Gasteiger partial charge in [0.05, 0.1) is 6.54 Å². The standard InChI is InChI=1S/C4H4N9O2.H4NO/c5-3-6-4(13(14)15)9-12(3)1-2-7-10-11-8-2;1-2/h1H2,(H2-,5,6,7,8,9,10,11);2H,1H3/q-1;+1. The van der Waals surface area contributed by atoms with Crippen molar-refractivity contribution in [3.05, 3.63) is 15.9 Å². The van der Waals surface area contributed by atoms with E-state index >= 15 is 0 Å². The Kier molecular flexibility index (Phi) is 3.96. The highest BCUT2D eigenvalue weighted by Gasteiger charge is 2.18. The molecule has 2 aromatic rings. The first-order valence-electron chi connectivity index (χ1n) is 4.01. The van der Waals surface area contributed by atoms with Crippen LogP contribution in [-0.4, -0.2) is 40.4 Å². The summed E-state index contributed by atoms with van der Waals surface area (Å²) in [4.78, 5) is 13.0. The molecule has 0 amide bonds. The molecule has 6 N–H and O–H groups in total. The van der Waals surface area contributed by atoms with Crippen LogP contribution in [0, 0.1) is 10.1 Å². The number of rotatable bonds is 3. The van der Waals surface area contributed by atoms with Crippen molar-refractivity contribution in [3.8, 4) is 0 Å². The lowest BCUT2D eigenvalue weighted by Gasteiger charge is -1.95. The van der Waals surface area contributed by atoms with Crippen molar-refractivity contribution in [3.63, 3.8) is 0 Å². The minimum absolute atomic E-state index is 0.0413. The van der Waals surface area contributed by atoms with Gasteiger partial charge < -0.3 is 20.9 Å². The highest BCUT2D eigenvalue weighted by molar-refractivity contribution is 5.22. The molecule has 0 aliphatic rings. The molecule has 0 atom stereocenters. The van der Waals surface area contributed by atoms with E-state index in [-0.39, 0.29) is 18.3 Å². The summed E-state index contributed by atoms with van der Waals surface area (Å²) in [6.07, 6.45) is 0. The Bertz CT molecular complexity index is 476. The lowest BCUT2D eigenvalue weighted by Crippen LogP contribution is -2.42. The largest absolute Gasteiger partial charge is 0.493 e. The van der Waals surface area contributed by atoms with E-state index in [4.69, 9.17) is 10.9 Å². The molecule has 2 aromatic heterocycles. The van der Waals surface area contributed by atoms with Crippen LogP contribution in [0.15, 0.2) is 0 Å². The van der Waals surface area contributed by atoms with E-state index in [0.717, 1.165) is 4.68 Å². The van der Waals surface area contributed by atoms with Crippen molar-refractivity contribution in [2.24, 2.45) is 0 Å². The lowest BCUT2D eigenvalue weighted by molar-refractivity contribution is -0.670. The molecule has 0 fully saturated rings. The third-order valence-electron chi connectivity index (χ3n) is 1.50. The molecule has 0 aliphatic heterocycles. The summed E-state index contributed by atoms with van der Waals surface area (Å²) in [7, 11) is 0. The fraction of sp³-hybridized carbons (Fsp3) is 0.250. The van der Waals surface area contributed by atoms with Gasteiger partial charge in [0, 0.05) is 10.9 Å². The van der Waals surface area contributed by atoms with Crippen molar-refractivity contribution in [2.75, 3.05) is 5.73 Å². The minimum Gasteiger partial charge on any atom is -0.390 e. The number of anilines is 1. The second kappa shape index (κ2) is 5.42. The molecule has 2 rings (SSSR count). The number of tetrazole rings is 1. The first kappa shape index (κ1) is 12.4. The fourth-order valence-electron chi connectivity index (χ4n) is 0.896. The summed E-state index contributed by atoms with van der Waals surface area (Å²) in [6, 6.07) is 0. The topological polar surface area (TPSA) is 201 Å². The predicted molar refractivity (Wildman–Crippen MR) is 48.0 cm³/mol. The number of nitrogen functional groups attached to an aromatic ring is 1. The Hall–Kier alpha value is -2.67. The Morgan fingerprint density at radius 1 is 1.59 bits per heavy atom. The molecule has 13 heteroatoms. The predicted octanol–water partition coefficient (Wildman–Crippen LogP) is -3.42. The van der Waals surface area contributed by atoms with E-state index in [2.05, 4.69) is 36.6 Å². The van der Waals surface area contributed by atoms with E-state index in [1.807, 2.05) is 0 Å². The van der Waals surface area contributed by atoms with Gasteiger partial charge in [-0.05, 0) is 9.91 Å². The quantitative estimate of drug-likeness (QED) is 0.360. The maximum Gasteiger partial charge on any atom is 0.493 e. The molecule has 0 aliphatic carbocycles. The smallest absolute Gasteiger partial charge is 0.390 e. The summed E-state index contributed by atoms with van der Waals surface area (Å²) < 4.78 is 1.09. The third kappa shape index (κ3) is 2.89. The second-order valence-corrected chi connectivity index (χ2v) is 2.48. The minimum atomic E-state index is -0.741. The van der Waals surface area contributed by atoms with Crippen molar-refractivity contribution in [2.45, 2.75) is 6.54 Å². The van der Waals surface area contributed by atoms with Crippen LogP contribution in [0.4, 0.5) is 11.9 Å². The first-order chi connectivity index (χ1) is 8.16. The zero-order valence-corrected chi connectivity index (χ0v) is 8.33. The maximum atomic E-state index is 10.3. The van der Waals surface area contributed by atoms with Crippen molar-refractivity contribution in [1.29, 1.82) is 0 Å². The molecule has 17 heavy (non-hydrogen) atoms. The van der Waals surface area contributed by atoms with Crippen LogP contribution < -0.4 is 16.7 Å². The van der Waals surface area contributed by atoms with Crippen LogP contribution in [-0.2, 0) is 6.54 Å². The fourth-order valence-corrected chi connectivity index (χ4v) is 0.896. The molecule has 0 bridgehead atoms. The van der Waals surface area contributed by atoms with Crippen LogP contribution in [0.2, 0.25) is 0 Å².